The Kier molecular flexibility index (Phi) is 9.44. The normalized spacial score (nSPS) is 13.9. The molecule has 0 fully saturated rings. The second-order valence-electron chi connectivity index (χ2n) is 3.76. The summed E-state index contributed by atoms with van der Waals surface area (Å²) in [6.07, 6.45) is -1.31. The molecule has 0 aromatic carbocycles. The second-order valence-corrected chi connectivity index (χ2v) is 3.76. The fourth-order valence-electron chi connectivity index (χ4n) is 1.51. The Bertz CT molecular complexity index is 173. The van der Waals surface area contributed by atoms with Crippen LogP contribution in [0.5, 0.6) is 0 Å². The summed E-state index contributed by atoms with van der Waals surface area (Å²) in [6.45, 7) is 1.19. The largest absolute Gasteiger partial charge is 0.522 e. The van der Waals surface area contributed by atoms with Gasteiger partial charge in [-0.1, -0.05) is 13.3 Å². The lowest BCUT2D eigenvalue weighted by molar-refractivity contribution is -0.324. The molecule has 0 N–H and O–H groups in total. The highest BCUT2D eigenvalue weighted by atomic mass is 19.4. The Morgan fingerprint density at radius 1 is 1.06 bits per heavy atom. The summed E-state index contributed by atoms with van der Waals surface area (Å²) in [7, 11) is 0. The number of rotatable bonds is 10. The SMILES string of the molecule is CCCC(CCCCOC(F)(F)F)OCCF. The van der Waals surface area contributed by atoms with Crippen molar-refractivity contribution in [3.63, 3.8) is 0 Å². The smallest absolute Gasteiger partial charge is 0.376 e. The van der Waals surface area contributed by atoms with Crippen LogP contribution >= 0.6 is 0 Å². The van der Waals surface area contributed by atoms with E-state index in [9.17, 15) is 17.6 Å². The predicted molar refractivity (Wildman–Crippen MR) is 56.5 cm³/mol. The molecule has 0 aliphatic rings. The maximum atomic E-state index is 11.9. The van der Waals surface area contributed by atoms with Crippen molar-refractivity contribution in [3.05, 3.63) is 0 Å². The van der Waals surface area contributed by atoms with E-state index in [4.69, 9.17) is 4.74 Å². The molecule has 0 radical (unpaired) electrons. The summed E-state index contributed by atoms with van der Waals surface area (Å²) in [5, 5.41) is 0. The van der Waals surface area contributed by atoms with Crippen molar-refractivity contribution in [3.8, 4) is 0 Å². The number of alkyl halides is 4. The third kappa shape index (κ3) is 11.9. The molecule has 0 bridgehead atoms. The lowest BCUT2D eigenvalue weighted by atomic mass is 10.1. The average Bonchev–Trinajstić information content (AvgIpc) is 2.23. The van der Waals surface area contributed by atoms with Gasteiger partial charge in [0.1, 0.15) is 6.67 Å². The maximum absolute atomic E-state index is 11.9. The van der Waals surface area contributed by atoms with E-state index in [1.807, 2.05) is 6.92 Å². The summed E-state index contributed by atoms with van der Waals surface area (Å²) >= 11 is 0. The van der Waals surface area contributed by atoms with Gasteiger partial charge in [0.2, 0.25) is 0 Å². The van der Waals surface area contributed by atoms with E-state index < -0.39 is 13.0 Å². The first-order valence-electron chi connectivity index (χ1n) is 5.87. The fraction of sp³-hybridized carbons (Fsp3) is 1.00. The molecule has 0 aliphatic carbocycles. The van der Waals surface area contributed by atoms with Crippen molar-refractivity contribution >= 4 is 0 Å². The van der Waals surface area contributed by atoms with E-state index in [1.54, 1.807) is 0 Å². The third-order valence-electron chi connectivity index (χ3n) is 2.23. The summed E-state index contributed by atoms with van der Waals surface area (Å²) in [5.41, 5.74) is 0. The van der Waals surface area contributed by atoms with E-state index in [0.29, 0.717) is 19.3 Å². The van der Waals surface area contributed by atoms with Crippen LogP contribution in [0.1, 0.15) is 39.0 Å². The minimum atomic E-state index is -4.55. The standard InChI is InChI=1S/C11H20F4O2/c1-2-5-10(16-9-7-12)6-3-4-8-17-11(13,14)15/h10H,2-9H2,1H3. The van der Waals surface area contributed by atoms with Gasteiger partial charge in [0.15, 0.2) is 0 Å². The summed E-state index contributed by atoms with van der Waals surface area (Å²) in [6, 6.07) is 0. The van der Waals surface area contributed by atoms with Crippen LogP contribution in [0.25, 0.3) is 0 Å². The van der Waals surface area contributed by atoms with Crippen LogP contribution in [0.4, 0.5) is 17.6 Å². The average molecular weight is 260 g/mol. The lowest BCUT2D eigenvalue weighted by Crippen LogP contribution is -2.16. The number of hydrogen-bond acceptors (Lipinski definition) is 2. The van der Waals surface area contributed by atoms with E-state index in [1.165, 1.54) is 0 Å². The molecule has 1 unspecified atom stereocenters. The van der Waals surface area contributed by atoms with Gasteiger partial charge in [0.25, 0.3) is 0 Å². The summed E-state index contributed by atoms with van der Waals surface area (Å²) in [5.74, 6) is 0. The monoisotopic (exact) mass is 260 g/mol. The van der Waals surface area contributed by atoms with Crippen molar-refractivity contribution in [1.29, 1.82) is 0 Å². The van der Waals surface area contributed by atoms with Gasteiger partial charge >= 0.3 is 6.36 Å². The van der Waals surface area contributed by atoms with Gasteiger partial charge in [-0.05, 0) is 25.7 Å². The van der Waals surface area contributed by atoms with Crippen molar-refractivity contribution in [2.24, 2.45) is 0 Å². The van der Waals surface area contributed by atoms with Gasteiger partial charge in [0, 0.05) is 0 Å². The van der Waals surface area contributed by atoms with Gasteiger partial charge in [0.05, 0.1) is 19.3 Å². The molecule has 0 rings (SSSR count). The minimum absolute atomic E-state index is 0.0540. The van der Waals surface area contributed by atoms with E-state index in [2.05, 4.69) is 4.74 Å². The van der Waals surface area contributed by atoms with Gasteiger partial charge < -0.3 is 4.74 Å². The third-order valence-corrected chi connectivity index (χ3v) is 2.23. The van der Waals surface area contributed by atoms with Crippen LogP contribution in [0.15, 0.2) is 0 Å². The fourth-order valence-corrected chi connectivity index (χ4v) is 1.51. The lowest BCUT2D eigenvalue weighted by Gasteiger charge is -2.16. The molecular weight excluding hydrogens is 240 g/mol. The van der Waals surface area contributed by atoms with Crippen molar-refractivity contribution < 1.29 is 27.0 Å². The highest BCUT2D eigenvalue weighted by Gasteiger charge is 2.28. The van der Waals surface area contributed by atoms with Crippen LogP contribution in [-0.2, 0) is 9.47 Å². The van der Waals surface area contributed by atoms with Crippen LogP contribution in [0.3, 0.4) is 0 Å². The Morgan fingerprint density at radius 2 is 1.76 bits per heavy atom. The van der Waals surface area contributed by atoms with Crippen molar-refractivity contribution in [1.82, 2.24) is 0 Å². The summed E-state index contributed by atoms with van der Waals surface area (Å²) < 4.78 is 55.7. The van der Waals surface area contributed by atoms with Crippen molar-refractivity contribution in [2.45, 2.75) is 51.5 Å². The second kappa shape index (κ2) is 9.65. The van der Waals surface area contributed by atoms with Crippen LogP contribution in [0, 0.1) is 0 Å². The molecule has 1 atom stereocenters. The molecule has 0 saturated carbocycles. The van der Waals surface area contributed by atoms with Crippen LogP contribution in [-0.4, -0.2) is 32.4 Å². The van der Waals surface area contributed by atoms with E-state index in [0.717, 1.165) is 12.8 Å². The first-order chi connectivity index (χ1) is 7.99. The quantitative estimate of drug-likeness (QED) is 0.439. The summed E-state index contributed by atoms with van der Waals surface area (Å²) in [4.78, 5) is 0. The molecule has 0 aromatic heterocycles. The van der Waals surface area contributed by atoms with Gasteiger partial charge in [-0.3, -0.25) is 4.74 Å². The Morgan fingerprint density at radius 3 is 2.29 bits per heavy atom. The molecule has 0 saturated heterocycles. The predicted octanol–water partition coefficient (Wildman–Crippen LogP) is 3.85. The van der Waals surface area contributed by atoms with E-state index >= 15 is 0 Å². The number of hydrogen-bond donors (Lipinski definition) is 0. The highest BCUT2D eigenvalue weighted by molar-refractivity contribution is 4.58. The highest BCUT2D eigenvalue weighted by Crippen LogP contribution is 2.17. The molecule has 0 aliphatic heterocycles. The molecule has 0 spiro atoms. The number of unbranched alkanes of at least 4 members (excludes halogenated alkanes) is 1. The molecule has 6 heteroatoms. The van der Waals surface area contributed by atoms with Crippen LogP contribution < -0.4 is 0 Å². The number of ether oxygens (including phenoxy) is 2. The maximum Gasteiger partial charge on any atom is 0.522 e. The number of halogens is 4. The van der Waals surface area contributed by atoms with Crippen LogP contribution in [0.2, 0.25) is 0 Å². The van der Waals surface area contributed by atoms with Gasteiger partial charge in [-0.25, -0.2) is 4.39 Å². The molecular formula is C11H20F4O2. The molecule has 2 nitrogen and oxygen atoms in total. The first kappa shape index (κ1) is 16.6. The Hall–Kier alpha value is -0.360. The molecule has 104 valence electrons. The molecule has 0 aromatic rings. The topological polar surface area (TPSA) is 18.5 Å². The van der Waals surface area contributed by atoms with Gasteiger partial charge in [-0.15, -0.1) is 13.2 Å². The Balaban J connectivity index is 3.53. The van der Waals surface area contributed by atoms with E-state index in [-0.39, 0.29) is 19.3 Å². The first-order valence-corrected chi connectivity index (χ1v) is 5.87. The minimum Gasteiger partial charge on any atom is -0.376 e. The van der Waals surface area contributed by atoms with Crippen molar-refractivity contribution in [2.75, 3.05) is 19.9 Å². The Labute approximate surface area is 99.3 Å². The zero-order valence-corrected chi connectivity index (χ0v) is 10.1. The molecule has 17 heavy (non-hydrogen) atoms. The van der Waals surface area contributed by atoms with Gasteiger partial charge in [-0.2, -0.15) is 0 Å². The molecule has 0 heterocycles. The zero-order valence-electron chi connectivity index (χ0n) is 10.1. The zero-order chi connectivity index (χ0) is 13.1. The molecule has 0 amide bonds.